The van der Waals surface area contributed by atoms with Crippen molar-refractivity contribution in [1.29, 1.82) is 0 Å². The Hall–Kier alpha value is -3.68. The van der Waals surface area contributed by atoms with Crippen molar-refractivity contribution >= 4 is 11.8 Å². The van der Waals surface area contributed by atoms with E-state index in [-0.39, 0.29) is 23.3 Å². The number of carbonyl (C=O) groups is 2. The first kappa shape index (κ1) is 21.0. The molecular formula is C22H25N5O3. The van der Waals surface area contributed by atoms with Gasteiger partial charge in [-0.1, -0.05) is 23.8 Å². The summed E-state index contributed by atoms with van der Waals surface area (Å²) in [5, 5.41) is 23.7. The number of benzene rings is 2. The molecule has 30 heavy (non-hydrogen) atoms. The number of amides is 2. The summed E-state index contributed by atoms with van der Waals surface area (Å²) in [6.45, 7) is 6.52. The van der Waals surface area contributed by atoms with E-state index in [1.165, 1.54) is 16.9 Å². The van der Waals surface area contributed by atoms with E-state index in [4.69, 9.17) is 0 Å². The number of nitrogens with one attached hydrogen (secondary N) is 2. The topological polar surface area (TPSA) is 109 Å². The van der Waals surface area contributed by atoms with E-state index < -0.39 is 0 Å². The van der Waals surface area contributed by atoms with Gasteiger partial charge in [0, 0.05) is 18.7 Å². The largest absolute Gasteiger partial charge is 0.508 e. The van der Waals surface area contributed by atoms with Crippen molar-refractivity contribution in [1.82, 2.24) is 25.6 Å². The molecule has 0 aliphatic heterocycles. The first-order valence-electron chi connectivity index (χ1n) is 9.72. The fraction of sp³-hybridized carbons (Fsp3) is 0.273. The van der Waals surface area contributed by atoms with Gasteiger partial charge in [-0.3, -0.25) is 9.59 Å². The Morgan fingerprint density at radius 2 is 1.70 bits per heavy atom. The number of phenolic OH excluding ortho intramolecular Hbond substituents is 1. The second-order valence-corrected chi connectivity index (χ2v) is 7.13. The van der Waals surface area contributed by atoms with Gasteiger partial charge in [-0.05, 0) is 57.0 Å². The highest BCUT2D eigenvalue weighted by Crippen LogP contribution is 2.15. The Morgan fingerprint density at radius 3 is 2.40 bits per heavy atom. The maximum atomic E-state index is 12.5. The molecule has 0 radical (unpaired) electrons. The lowest BCUT2D eigenvalue weighted by atomic mass is 10.1. The van der Waals surface area contributed by atoms with E-state index >= 15 is 0 Å². The molecule has 3 rings (SSSR count). The molecule has 3 N–H and O–H groups in total. The summed E-state index contributed by atoms with van der Waals surface area (Å²) in [6, 6.07) is 12.1. The summed E-state index contributed by atoms with van der Waals surface area (Å²) >= 11 is 0. The normalized spacial score (nSPS) is 10.6. The van der Waals surface area contributed by atoms with Crippen molar-refractivity contribution in [3.8, 4) is 11.4 Å². The molecular weight excluding hydrogens is 382 g/mol. The molecule has 2 aromatic carbocycles. The van der Waals surface area contributed by atoms with Gasteiger partial charge in [-0.15, -0.1) is 5.10 Å². The molecule has 3 aromatic rings. The van der Waals surface area contributed by atoms with Crippen LogP contribution in [0.4, 0.5) is 0 Å². The van der Waals surface area contributed by atoms with Crippen molar-refractivity contribution in [2.45, 2.75) is 27.2 Å². The van der Waals surface area contributed by atoms with Gasteiger partial charge >= 0.3 is 0 Å². The number of hydrogen-bond acceptors (Lipinski definition) is 5. The molecule has 8 heteroatoms. The molecule has 0 bridgehead atoms. The van der Waals surface area contributed by atoms with Crippen LogP contribution in [0, 0.1) is 20.8 Å². The predicted molar refractivity (Wildman–Crippen MR) is 113 cm³/mol. The van der Waals surface area contributed by atoms with Crippen molar-refractivity contribution in [2.75, 3.05) is 13.1 Å². The number of phenols is 1. The third kappa shape index (κ3) is 5.02. The number of carbonyl (C=O) groups excluding carboxylic acids is 2. The van der Waals surface area contributed by atoms with E-state index in [0.717, 1.165) is 16.8 Å². The number of hydrogen-bond donors (Lipinski definition) is 3. The molecule has 156 valence electrons. The highest BCUT2D eigenvalue weighted by molar-refractivity contribution is 5.94. The summed E-state index contributed by atoms with van der Waals surface area (Å²) < 4.78 is 0. The molecule has 2 amide bonds. The van der Waals surface area contributed by atoms with Gasteiger partial charge in [0.1, 0.15) is 5.75 Å². The van der Waals surface area contributed by atoms with Crippen LogP contribution in [0.25, 0.3) is 5.69 Å². The number of nitrogens with zero attached hydrogens (tertiary/aromatic N) is 3. The van der Waals surface area contributed by atoms with E-state index in [2.05, 4.69) is 20.8 Å². The fourth-order valence-corrected chi connectivity index (χ4v) is 3.05. The Kier molecular flexibility index (Phi) is 6.46. The van der Waals surface area contributed by atoms with Gasteiger partial charge in [0.05, 0.1) is 11.4 Å². The third-order valence-electron chi connectivity index (χ3n) is 4.60. The molecule has 0 fully saturated rings. The molecule has 1 heterocycles. The third-order valence-corrected chi connectivity index (χ3v) is 4.60. The minimum atomic E-state index is -0.303. The maximum Gasteiger partial charge on any atom is 0.273 e. The van der Waals surface area contributed by atoms with E-state index in [1.807, 2.05) is 32.0 Å². The monoisotopic (exact) mass is 407 g/mol. The number of aromatic hydroxyl groups is 1. The summed E-state index contributed by atoms with van der Waals surface area (Å²) in [7, 11) is 0. The summed E-state index contributed by atoms with van der Waals surface area (Å²) in [6.07, 6.45) is 0.556. The van der Waals surface area contributed by atoms with Crippen LogP contribution in [0.15, 0.2) is 42.5 Å². The number of rotatable bonds is 7. The molecule has 0 spiro atoms. The standard InChI is InChI=1S/C22H25N5O3/c1-14-8-9-19(15(2)12-14)27-25-16(3)20(26-27)22(30)24-11-5-10-23-21(29)17-6-4-7-18(28)13-17/h4,6-9,12-13,28H,5,10-11H2,1-3H3,(H,23,29)(H,24,30). The Morgan fingerprint density at radius 1 is 0.967 bits per heavy atom. The summed E-state index contributed by atoms with van der Waals surface area (Å²) in [5.74, 6) is -0.536. The second-order valence-electron chi connectivity index (χ2n) is 7.13. The van der Waals surface area contributed by atoms with Crippen LogP contribution in [0.5, 0.6) is 5.75 Å². The van der Waals surface area contributed by atoms with Gasteiger partial charge < -0.3 is 15.7 Å². The zero-order valence-corrected chi connectivity index (χ0v) is 17.3. The average molecular weight is 407 g/mol. The molecule has 8 nitrogen and oxygen atoms in total. The van der Waals surface area contributed by atoms with Crippen LogP contribution < -0.4 is 10.6 Å². The highest BCUT2D eigenvalue weighted by Gasteiger charge is 2.16. The SMILES string of the molecule is Cc1ccc(-n2nc(C)c(C(=O)NCCCNC(=O)c3cccc(O)c3)n2)c(C)c1. The van der Waals surface area contributed by atoms with Crippen molar-refractivity contribution in [2.24, 2.45) is 0 Å². The second kappa shape index (κ2) is 9.21. The molecule has 0 atom stereocenters. The van der Waals surface area contributed by atoms with Gasteiger partial charge in [0.2, 0.25) is 0 Å². The fourth-order valence-electron chi connectivity index (χ4n) is 3.05. The quantitative estimate of drug-likeness (QED) is 0.521. The summed E-state index contributed by atoms with van der Waals surface area (Å²) in [5.41, 5.74) is 4.22. The van der Waals surface area contributed by atoms with E-state index in [1.54, 1.807) is 19.1 Å². The lowest BCUT2D eigenvalue weighted by Crippen LogP contribution is -2.30. The van der Waals surface area contributed by atoms with Crippen LogP contribution in [-0.2, 0) is 0 Å². The minimum absolute atomic E-state index is 0.0409. The van der Waals surface area contributed by atoms with E-state index in [0.29, 0.717) is 30.8 Å². The first-order chi connectivity index (χ1) is 14.3. The zero-order chi connectivity index (χ0) is 21.7. The first-order valence-corrected chi connectivity index (χ1v) is 9.72. The predicted octanol–water partition coefficient (Wildman–Crippen LogP) is 2.45. The van der Waals surface area contributed by atoms with Crippen molar-refractivity contribution < 1.29 is 14.7 Å². The smallest absolute Gasteiger partial charge is 0.273 e. The Labute approximate surface area is 174 Å². The van der Waals surface area contributed by atoms with Crippen LogP contribution in [0.1, 0.15) is 44.1 Å². The van der Waals surface area contributed by atoms with Gasteiger partial charge in [0.25, 0.3) is 11.8 Å². The lowest BCUT2D eigenvalue weighted by molar-refractivity contribution is 0.0947. The van der Waals surface area contributed by atoms with Crippen LogP contribution in [-0.4, -0.2) is 45.0 Å². The molecule has 0 saturated heterocycles. The number of aromatic nitrogens is 3. The van der Waals surface area contributed by atoms with Crippen molar-refractivity contribution in [3.63, 3.8) is 0 Å². The van der Waals surface area contributed by atoms with Gasteiger partial charge in [0.15, 0.2) is 5.69 Å². The van der Waals surface area contributed by atoms with Crippen LogP contribution in [0.2, 0.25) is 0 Å². The van der Waals surface area contributed by atoms with E-state index in [9.17, 15) is 14.7 Å². The molecule has 0 aliphatic rings. The Bertz CT molecular complexity index is 1070. The maximum absolute atomic E-state index is 12.5. The van der Waals surface area contributed by atoms with Gasteiger partial charge in [-0.25, -0.2) is 0 Å². The minimum Gasteiger partial charge on any atom is -0.508 e. The zero-order valence-electron chi connectivity index (χ0n) is 17.3. The molecule has 0 unspecified atom stereocenters. The summed E-state index contributed by atoms with van der Waals surface area (Å²) in [4.78, 5) is 26.0. The molecule has 1 aromatic heterocycles. The van der Waals surface area contributed by atoms with Crippen LogP contribution in [0.3, 0.4) is 0 Å². The van der Waals surface area contributed by atoms with Gasteiger partial charge in [-0.2, -0.15) is 9.90 Å². The molecule has 0 aliphatic carbocycles. The average Bonchev–Trinajstić information content (AvgIpc) is 3.08. The number of aryl methyl sites for hydroxylation is 3. The van der Waals surface area contributed by atoms with Crippen LogP contribution >= 0.6 is 0 Å². The van der Waals surface area contributed by atoms with Crippen molar-refractivity contribution in [3.05, 3.63) is 70.5 Å². The lowest BCUT2D eigenvalue weighted by Gasteiger charge is -2.07. The Balaban J connectivity index is 1.51. The highest BCUT2D eigenvalue weighted by atomic mass is 16.3. The molecule has 0 saturated carbocycles.